The highest BCUT2D eigenvalue weighted by Crippen LogP contribution is 2.39. The summed E-state index contributed by atoms with van der Waals surface area (Å²) in [5, 5.41) is 13.6. The number of halogens is 1. The highest BCUT2D eigenvalue weighted by molar-refractivity contribution is 6.32. The summed E-state index contributed by atoms with van der Waals surface area (Å²) >= 11 is 6.91. The Hall–Kier alpha value is -4.13. The first kappa shape index (κ1) is 39.1. The number of benzene rings is 3. The summed E-state index contributed by atoms with van der Waals surface area (Å²) in [6.07, 6.45) is 13.3. The van der Waals surface area contributed by atoms with Crippen LogP contribution in [0.25, 0.3) is 11.1 Å². The first-order valence-electron chi connectivity index (χ1n) is 20.3. The SMILES string of the molecule is Cc1c(COc2cc(OCc3cncc(C#N)c3)c(CN3CCCCC3)cc2Cl)cccc1-c1cccc(OCCCN2CCC3(CCCNC3)CC2)c1C. The Morgan fingerprint density at radius 1 is 0.782 bits per heavy atom. The molecule has 9 heteroatoms. The third-order valence-electron chi connectivity index (χ3n) is 12.0. The van der Waals surface area contributed by atoms with Gasteiger partial charge in [0.2, 0.25) is 0 Å². The lowest BCUT2D eigenvalue weighted by Gasteiger charge is -2.44. The van der Waals surface area contributed by atoms with E-state index in [-0.39, 0.29) is 6.61 Å². The summed E-state index contributed by atoms with van der Waals surface area (Å²) in [4.78, 5) is 9.29. The molecule has 4 heterocycles. The number of ether oxygens (including phenoxy) is 3. The van der Waals surface area contributed by atoms with Gasteiger partial charge in [-0.15, -0.1) is 0 Å². The zero-order valence-electron chi connectivity index (χ0n) is 32.7. The van der Waals surface area contributed by atoms with Crippen molar-refractivity contribution in [2.75, 3.05) is 52.4 Å². The molecule has 3 aliphatic rings. The number of hydrogen-bond acceptors (Lipinski definition) is 8. The van der Waals surface area contributed by atoms with Crippen LogP contribution in [0.1, 0.15) is 84.7 Å². The van der Waals surface area contributed by atoms with Crippen LogP contribution in [0.15, 0.2) is 67.0 Å². The summed E-state index contributed by atoms with van der Waals surface area (Å²) in [5.74, 6) is 2.25. The minimum Gasteiger partial charge on any atom is -0.493 e. The molecule has 0 radical (unpaired) electrons. The predicted molar refractivity (Wildman–Crippen MR) is 220 cm³/mol. The van der Waals surface area contributed by atoms with E-state index in [1.807, 2.05) is 18.2 Å². The van der Waals surface area contributed by atoms with E-state index in [1.54, 1.807) is 12.4 Å². The van der Waals surface area contributed by atoms with Crippen molar-refractivity contribution in [3.8, 4) is 34.4 Å². The summed E-state index contributed by atoms with van der Waals surface area (Å²) in [7, 11) is 0. The van der Waals surface area contributed by atoms with Crippen molar-refractivity contribution < 1.29 is 14.2 Å². The molecule has 0 saturated carbocycles. The highest BCUT2D eigenvalue weighted by atomic mass is 35.5. The number of nitriles is 1. The van der Waals surface area contributed by atoms with Crippen LogP contribution in [-0.4, -0.2) is 67.2 Å². The minimum absolute atomic E-state index is 0.289. The van der Waals surface area contributed by atoms with Gasteiger partial charge in [-0.3, -0.25) is 9.88 Å². The molecule has 290 valence electrons. The third kappa shape index (κ3) is 10.0. The van der Waals surface area contributed by atoms with Crippen LogP contribution in [0.3, 0.4) is 0 Å². The maximum atomic E-state index is 9.35. The molecule has 8 nitrogen and oxygen atoms in total. The molecule has 3 saturated heterocycles. The van der Waals surface area contributed by atoms with Crippen LogP contribution in [0, 0.1) is 30.6 Å². The van der Waals surface area contributed by atoms with Gasteiger partial charge in [-0.2, -0.15) is 5.26 Å². The van der Waals surface area contributed by atoms with E-state index in [4.69, 9.17) is 25.8 Å². The molecule has 7 rings (SSSR count). The molecule has 0 unspecified atom stereocenters. The van der Waals surface area contributed by atoms with Crippen LogP contribution in [0.4, 0.5) is 0 Å². The van der Waals surface area contributed by atoms with Crippen molar-refractivity contribution in [3.05, 3.63) is 105 Å². The topological polar surface area (TPSA) is 82.9 Å². The fraction of sp³-hybridized carbons (Fsp3) is 0.478. The number of piperidine rings is 3. The lowest BCUT2D eigenvalue weighted by Crippen LogP contribution is -2.48. The van der Waals surface area contributed by atoms with Gasteiger partial charge >= 0.3 is 0 Å². The molecule has 4 aromatic rings. The quantitative estimate of drug-likeness (QED) is 0.127. The molecule has 1 N–H and O–H groups in total. The van der Waals surface area contributed by atoms with Crippen LogP contribution in [0.2, 0.25) is 5.02 Å². The Morgan fingerprint density at radius 2 is 1.56 bits per heavy atom. The Balaban J connectivity index is 0.994. The van der Waals surface area contributed by atoms with Crippen molar-refractivity contribution in [2.24, 2.45) is 5.41 Å². The van der Waals surface area contributed by atoms with Crippen molar-refractivity contribution in [1.29, 1.82) is 5.26 Å². The molecule has 0 amide bonds. The van der Waals surface area contributed by atoms with Gasteiger partial charge in [-0.25, -0.2) is 0 Å². The van der Waals surface area contributed by atoms with Gasteiger partial charge in [0.1, 0.15) is 36.5 Å². The van der Waals surface area contributed by atoms with E-state index in [0.717, 1.165) is 71.9 Å². The number of nitrogens with one attached hydrogen (secondary N) is 1. The predicted octanol–water partition coefficient (Wildman–Crippen LogP) is 9.27. The Labute approximate surface area is 332 Å². The number of nitrogens with zero attached hydrogens (tertiary/aromatic N) is 4. The summed E-state index contributed by atoms with van der Waals surface area (Å²) in [6, 6.07) is 20.6. The number of likely N-dealkylation sites (tertiary alicyclic amines) is 2. The molecule has 3 aromatic carbocycles. The van der Waals surface area contributed by atoms with Gasteiger partial charge in [0.05, 0.1) is 17.2 Å². The lowest BCUT2D eigenvalue weighted by atomic mass is 9.73. The van der Waals surface area contributed by atoms with E-state index < -0.39 is 0 Å². The molecule has 1 aromatic heterocycles. The maximum Gasteiger partial charge on any atom is 0.142 e. The van der Waals surface area contributed by atoms with E-state index in [2.05, 4.69) is 76.4 Å². The van der Waals surface area contributed by atoms with Gasteiger partial charge in [-0.05, 0) is 143 Å². The zero-order chi connectivity index (χ0) is 38.0. The van der Waals surface area contributed by atoms with E-state index in [9.17, 15) is 5.26 Å². The van der Waals surface area contributed by atoms with E-state index >= 15 is 0 Å². The normalized spacial score (nSPS) is 17.5. The highest BCUT2D eigenvalue weighted by Gasteiger charge is 2.35. The smallest absolute Gasteiger partial charge is 0.142 e. The average molecular weight is 762 g/mol. The first-order chi connectivity index (χ1) is 26.9. The lowest BCUT2D eigenvalue weighted by molar-refractivity contribution is 0.0759. The second-order valence-electron chi connectivity index (χ2n) is 15.8. The molecule has 3 aliphatic heterocycles. The van der Waals surface area contributed by atoms with Crippen LogP contribution < -0.4 is 19.5 Å². The Kier molecular flexibility index (Phi) is 13.3. The second kappa shape index (κ2) is 18.7. The number of aromatic nitrogens is 1. The standard InChI is InChI=1S/C46H56ClN5O3/c1-34-38(32-55-45-26-44(54-31-37-24-36(27-48)28-50-29-37)39(25-42(45)47)30-52-18-4-3-5-19-52)10-6-11-40(34)41-12-7-13-43(35(41)2)53-23-9-20-51-21-15-46(16-22-51)14-8-17-49-33-46/h6-7,10-13,24-26,28-29,49H,3-5,8-9,14-23,30-33H2,1-2H3. The third-order valence-corrected chi connectivity index (χ3v) is 12.3. The van der Waals surface area contributed by atoms with Gasteiger partial charge in [-0.1, -0.05) is 48.4 Å². The Bertz CT molecular complexity index is 1940. The molecule has 55 heavy (non-hydrogen) atoms. The number of rotatable bonds is 14. The van der Waals surface area contributed by atoms with Gasteiger partial charge in [0.25, 0.3) is 0 Å². The van der Waals surface area contributed by atoms with Crippen molar-refractivity contribution in [2.45, 2.75) is 85.0 Å². The van der Waals surface area contributed by atoms with Crippen molar-refractivity contribution in [3.63, 3.8) is 0 Å². The second-order valence-corrected chi connectivity index (χ2v) is 16.2. The summed E-state index contributed by atoms with van der Waals surface area (Å²) in [6.45, 7) is 14.5. The van der Waals surface area contributed by atoms with Gasteiger partial charge in [0, 0.05) is 49.2 Å². The molecular formula is C46H56ClN5O3. The van der Waals surface area contributed by atoms with Crippen LogP contribution >= 0.6 is 11.6 Å². The molecular weight excluding hydrogens is 706 g/mol. The first-order valence-corrected chi connectivity index (χ1v) is 20.7. The largest absolute Gasteiger partial charge is 0.493 e. The fourth-order valence-corrected chi connectivity index (χ4v) is 8.86. The molecule has 0 bridgehead atoms. The van der Waals surface area contributed by atoms with Gasteiger partial charge in [0.15, 0.2) is 0 Å². The van der Waals surface area contributed by atoms with E-state index in [1.165, 1.54) is 82.3 Å². The van der Waals surface area contributed by atoms with Crippen LogP contribution in [-0.2, 0) is 19.8 Å². The summed E-state index contributed by atoms with van der Waals surface area (Å²) in [5.41, 5.74) is 8.66. The average Bonchev–Trinajstić information content (AvgIpc) is 3.21. The molecule has 0 atom stereocenters. The van der Waals surface area contributed by atoms with E-state index in [0.29, 0.717) is 35.0 Å². The monoisotopic (exact) mass is 761 g/mol. The number of hydrogen-bond donors (Lipinski definition) is 1. The minimum atomic E-state index is 0.289. The van der Waals surface area contributed by atoms with Gasteiger partial charge < -0.3 is 24.4 Å². The zero-order valence-corrected chi connectivity index (χ0v) is 33.4. The summed E-state index contributed by atoms with van der Waals surface area (Å²) < 4.78 is 19.3. The van der Waals surface area contributed by atoms with Crippen molar-refractivity contribution >= 4 is 11.6 Å². The van der Waals surface area contributed by atoms with Crippen LogP contribution in [0.5, 0.6) is 17.2 Å². The molecule has 3 fully saturated rings. The van der Waals surface area contributed by atoms with Crippen molar-refractivity contribution in [1.82, 2.24) is 20.1 Å². The molecule has 1 spiro atoms. The Morgan fingerprint density at radius 3 is 2.35 bits per heavy atom. The fourth-order valence-electron chi connectivity index (χ4n) is 8.62. The molecule has 0 aliphatic carbocycles. The number of pyridine rings is 1. The maximum absolute atomic E-state index is 9.35.